The molecular weight excluding hydrogens is 248 g/mol. The highest BCUT2D eigenvalue weighted by Crippen LogP contribution is 2.28. The molecule has 1 aromatic rings. The maximum atomic E-state index is 11.5. The summed E-state index contributed by atoms with van der Waals surface area (Å²) in [5, 5.41) is 5.30. The number of furan rings is 1. The third-order valence-corrected chi connectivity index (χ3v) is 2.76. The van der Waals surface area contributed by atoms with E-state index < -0.39 is 0 Å². The molecular formula is C13H18N2O4. The topological polar surface area (TPSA) is 80.6 Å². The molecule has 1 aromatic heterocycles. The first-order chi connectivity index (χ1) is 9.25. The first kappa shape index (κ1) is 13.6. The fourth-order valence-electron chi connectivity index (χ4n) is 1.53. The Labute approximate surface area is 111 Å². The number of amides is 2. The molecule has 0 aromatic carbocycles. The summed E-state index contributed by atoms with van der Waals surface area (Å²) in [6, 6.07) is 3.23. The van der Waals surface area contributed by atoms with Gasteiger partial charge in [0.2, 0.25) is 5.91 Å². The Kier molecular flexibility index (Phi) is 4.97. The lowest BCUT2D eigenvalue weighted by Crippen LogP contribution is -2.36. The highest BCUT2D eigenvalue weighted by atomic mass is 16.5. The van der Waals surface area contributed by atoms with Gasteiger partial charge in [-0.2, -0.15) is 0 Å². The Bertz CT molecular complexity index is 412. The molecule has 1 aliphatic rings. The normalized spacial score (nSPS) is 14.1. The zero-order valence-electron chi connectivity index (χ0n) is 10.7. The van der Waals surface area contributed by atoms with E-state index >= 15 is 0 Å². The smallest absolute Gasteiger partial charge is 0.287 e. The lowest BCUT2D eigenvalue weighted by Gasteiger charge is -2.06. The molecule has 104 valence electrons. The minimum Gasteiger partial charge on any atom is -0.459 e. The molecule has 0 aliphatic heterocycles. The Hall–Kier alpha value is -1.82. The number of hydrogen-bond donors (Lipinski definition) is 2. The van der Waals surface area contributed by atoms with E-state index in [1.165, 1.54) is 19.1 Å². The highest BCUT2D eigenvalue weighted by Gasteiger charge is 2.21. The standard InChI is InChI=1S/C13H18N2O4/c16-12(9-18-8-10-3-4-10)14-5-6-15-13(17)11-2-1-7-19-11/h1-2,7,10H,3-6,8-9H2,(H,14,16)(H,15,17). The van der Waals surface area contributed by atoms with E-state index in [1.54, 1.807) is 12.1 Å². The van der Waals surface area contributed by atoms with Gasteiger partial charge in [-0.05, 0) is 30.9 Å². The van der Waals surface area contributed by atoms with Crippen LogP contribution in [0.1, 0.15) is 23.4 Å². The Morgan fingerprint density at radius 1 is 1.32 bits per heavy atom. The molecule has 0 atom stereocenters. The van der Waals surface area contributed by atoms with Crippen molar-refractivity contribution >= 4 is 11.8 Å². The van der Waals surface area contributed by atoms with E-state index in [9.17, 15) is 9.59 Å². The third kappa shape index (κ3) is 5.13. The van der Waals surface area contributed by atoms with Crippen molar-refractivity contribution in [2.75, 3.05) is 26.3 Å². The zero-order valence-corrected chi connectivity index (χ0v) is 10.7. The molecule has 0 spiro atoms. The van der Waals surface area contributed by atoms with Crippen molar-refractivity contribution in [1.29, 1.82) is 0 Å². The summed E-state index contributed by atoms with van der Waals surface area (Å²) >= 11 is 0. The van der Waals surface area contributed by atoms with Gasteiger partial charge in [0.05, 0.1) is 12.9 Å². The van der Waals surface area contributed by atoms with Gasteiger partial charge in [0, 0.05) is 13.1 Å². The van der Waals surface area contributed by atoms with Gasteiger partial charge in [-0.1, -0.05) is 0 Å². The Morgan fingerprint density at radius 3 is 2.79 bits per heavy atom. The van der Waals surface area contributed by atoms with Crippen molar-refractivity contribution < 1.29 is 18.7 Å². The lowest BCUT2D eigenvalue weighted by molar-refractivity contribution is -0.125. The zero-order chi connectivity index (χ0) is 13.5. The summed E-state index contributed by atoms with van der Waals surface area (Å²) in [6.07, 6.45) is 3.86. The van der Waals surface area contributed by atoms with Crippen molar-refractivity contribution in [3.63, 3.8) is 0 Å². The average molecular weight is 266 g/mol. The number of rotatable bonds is 8. The summed E-state index contributed by atoms with van der Waals surface area (Å²) in [7, 11) is 0. The second-order valence-corrected chi connectivity index (χ2v) is 4.54. The molecule has 0 bridgehead atoms. The molecule has 0 saturated heterocycles. The second-order valence-electron chi connectivity index (χ2n) is 4.54. The number of carbonyl (C=O) groups excluding carboxylic acids is 2. The molecule has 2 N–H and O–H groups in total. The molecule has 1 aliphatic carbocycles. The second kappa shape index (κ2) is 6.94. The van der Waals surface area contributed by atoms with E-state index in [4.69, 9.17) is 9.15 Å². The number of carbonyl (C=O) groups is 2. The number of hydrogen-bond acceptors (Lipinski definition) is 4. The van der Waals surface area contributed by atoms with Crippen LogP contribution in [0.5, 0.6) is 0 Å². The van der Waals surface area contributed by atoms with Crippen LogP contribution < -0.4 is 10.6 Å². The minimum absolute atomic E-state index is 0.0859. The van der Waals surface area contributed by atoms with Gasteiger partial charge >= 0.3 is 0 Å². The van der Waals surface area contributed by atoms with Crippen molar-refractivity contribution in [3.05, 3.63) is 24.2 Å². The van der Waals surface area contributed by atoms with E-state index in [1.807, 2.05) is 0 Å². The molecule has 0 unspecified atom stereocenters. The summed E-state index contributed by atoms with van der Waals surface area (Å²) < 4.78 is 10.2. The molecule has 2 rings (SSSR count). The molecule has 2 amide bonds. The first-order valence-electron chi connectivity index (χ1n) is 6.42. The van der Waals surface area contributed by atoms with Crippen LogP contribution >= 0.6 is 0 Å². The van der Waals surface area contributed by atoms with E-state index in [-0.39, 0.29) is 24.2 Å². The largest absolute Gasteiger partial charge is 0.459 e. The molecule has 1 fully saturated rings. The van der Waals surface area contributed by atoms with Crippen molar-refractivity contribution in [1.82, 2.24) is 10.6 Å². The van der Waals surface area contributed by atoms with Crippen LogP contribution in [0.2, 0.25) is 0 Å². The first-order valence-corrected chi connectivity index (χ1v) is 6.42. The average Bonchev–Trinajstić information content (AvgIpc) is 3.06. The van der Waals surface area contributed by atoms with Gasteiger partial charge < -0.3 is 19.8 Å². The summed E-state index contributed by atoms with van der Waals surface area (Å²) in [5.74, 6) is 0.469. The molecule has 19 heavy (non-hydrogen) atoms. The van der Waals surface area contributed by atoms with Crippen molar-refractivity contribution in [2.24, 2.45) is 5.92 Å². The predicted octanol–water partition coefficient (Wildman–Crippen LogP) is 0.552. The van der Waals surface area contributed by atoms with Crippen molar-refractivity contribution in [2.45, 2.75) is 12.8 Å². The Balaban J connectivity index is 1.48. The lowest BCUT2D eigenvalue weighted by atomic mass is 10.4. The summed E-state index contributed by atoms with van der Waals surface area (Å²) in [5.41, 5.74) is 0. The SMILES string of the molecule is O=C(COCC1CC1)NCCNC(=O)c1ccco1. The molecule has 6 heteroatoms. The number of nitrogens with one attached hydrogen (secondary N) is 2. The molecule has 1 saturated carbocycles. The summed E-state index contributed by atoms with van der Waals surface area (Å²) in [6.45, 7) is 1.48. The number of ether oxygens (including phenoxy) is 1. The fraction of sp³-hybridized carbons (Fsp3) is 0.538. The maximum Gasteiger partial charge on any atom is 0.287 e. The fourth-order valence-corrected chi connectivity index (χ4v) is 1.53. The van der Waals surface area contributed by atoms with Crippen LogP contribution in [0.4, 0.5) is 0 Å². The van der Waals surface area contributed by atoms with Gasteiger partial charge in [-0.25, -0.2) is 0 Å². The van der Waals surface area contributed by atoms with Crippen LogP contribution in [0.25, 0.3) is 0 Å². The molecule has 6 nitrogen and oxygen atoms in total. The predicted molar refractivity (Wildman–Crippen MR) is 67.6 cm³/mol. The van der Waals surface area contributed by atoms with Crippen LogP contribution in [0, 0.1) is 5.92 Å². The van der Waals surface area contributed by atoms with Gasteiger partial charge in [0.25, 0.3) is 5.91 Å². The minimum atomic E-state index is -0.288. The Morgan fingerprint density at radius 2 is 2.11 bits per heavy atom. The van der Waals surface area contributed by atoms with Gasteiger partial charge in [-0.3, -0.25) is 9.59 Å². The van der Waals surface area contributed by atoms with Crippen LogP contribution in [-0.2, 0) is 9.53 Å². The molecule has 1 heterocycles. The van der Waals surface area contributed by atoms with Gasteiger partial charge in [-0.15, -0.1) is 0 Å². The monoisotopic (exact) mass is 266 g/mol. The van der Waals surface area contributed by atoms with Crippen LogP contribution in [0.15, 0.2) is 22.8 Å². The van der Waals surface area contributed by atoms with Crippen LogP contribution in [-0.4, -0.2) is 38.1 Å². The van der Waals surface area contributed by atoms with E-state index in [2.05, 4.69) is 10.6 Å². The highest BCUT2D eigenvalue weighted by molar-refractivity contribution is 5.91. The van der Waals surface area contributed by atoms with Crippen molar-refractivity contribution in [3.8, 4) is 0 Å². The quantitative estimate of drug-likeness (QED) is 0.673. The van der Waals surface area contributed by atoms with E-state index in [0.29, 0.717) is 25.6 Å². The van der Waals surface area contributed by atoms with Gasteiger partial charge in [0.15, 0.2) is 5.76 Å². The van der Waals surface area contributed by atoms with E-state index in [0.717, 1.165) is 0 Å². The van der Waals surface area contributed by atoms with Gasteiger partial charge in [0.1, 0.15) is 6.61 Å². The maximum absolute atomic E-state index is 11.5. The van der Waals surface area contributed by atoms with Crippen LogP contribution in [0.3, 0.4) is 0 Å². The molecule has 0 radical (unpaired) electrons. The summed E-state index contributed by atoms with van der Waals surface area (Å²) in [4.78, 5) is 22.8. The third-order valence-electron chi connectivity index (χ3n) is 2.76.